The first-order chi connectivity index (χ1) is 18.0. The van der Waals surface area contributed by atoms with Crippen molar-refractivity contribution in [1.29, 1.82) is 0 Å². The quantitative estimate of drug-likeness (QED) is 0.352. The van der Waals surface area contributed by atoms with Gasteiger partial charge in [0.25, 0.3) is 5.91 Å². The van der Waals surface area contributed by atoms with Gasteiger partial charge in [-0.05, 0) is 60.7 Å². The summed E-state index contributed by atoms with van der Waals surface area (Å²) in [5, 5.41) is 3.87. The topological polar surface area (TPSA) is 58.6 Å². The Hall–Kier alpha value is -3.31. The van der Waals surface area contributed by atoms with Crippen molar-refractivity contribution in [1.82, 2.24) is 10.2 Å². The van der Waals surface area contributed by atoms with Crippen LogP contribution >= 0.6 is 11.6 Å². The highest BCUT2D eigenvalue weighted by atomic mass is 35.5. The number of aryl methyl sites for hydroxylation is 1. The van der Waals surface area contributed by atoms with Crippen molar-refractivity contribution in [2.75, 3.05) is 6.61 Å². The van der Waals surface area contributed by atoms with E-state index in [0.29, 0.717) is 23.7 Å². The number of carbonyl (C=O) groups excluding carboxylic acids is 2. The zero-order chi connectivity index (χ0) is 26.0. The molecule has 0 radical (unpaired) electrons. The lowest BCUT2D eigenvalue weighted by molar-refractivity contribution is -0.143. The molecule has 3 aromatic rings. The molecular weight excluding hydrogens is 484 g/mol. The highest BCUT2D eigenvalue weighted by Gasteiger charge is 2.32. The summed E-state index contributed by atoms with van der Waals surface area (Å²) in [5.41, 5.74) is 3.09. The van der Waals surface area contributed by atoms with E-state index in [9.17, 15) is 9.59 Å². The summed E-state index contributed by atoms with van der Waals surface area (Å²) in [5.74, 6) is 0.210. The molecule has 0 saturated heterocycles. The number of benzene rings is 3. The van der Waals surface area contributed by atoms with Gasteiger partial charge in [0.15, 0.2) is 6.61 Å². The Balaban J connectivity index is 1.61. The Morgan fingerprint density at radius 2 is 1.62 bits per heavy atom. The first-order valence-electron chi connectivity index (χ1n) is 13.1. The molecule has 1 atom stereocenters. The Bertz CT molecular complexity index is 1160. The minimum Gasteiger partial charge on any atom is -0.484 e. The lowest BCUT2D eigenvalue weighted by atomic mass is 9.94. The summed E-state index contributed by atoms with van der Waals surface area (Å²) in [4.78, 5) is 29.2. The van der Waals surface area contributed by atoms with E-state index in [1.54, 1.807) is 29.2 Å². The maximum absolute atomic E-state index is 13.8. The lowest BCUT2D eigenvalue weighted by Crippen LogP contribution is -2.53. The number of ether oxygens (including phenoxy) is 1. The van der Waals surface area contributed by atoms with Gasteiger partial charge in [0.1, 0.15) is 11.8 Å². The van der Waals surface area contributed by atoms with E-state index in [4.69, 9.17) is 16.3 Å². The maximum Gasteiger partial charge on any atom is 0.261 e. The van der Waals surface area contributed by atoms with Crippen LogP contribution in [0.2, 0.25) is 5.02 Å². The van der Waals surface area contributed by atoms with Gasteiger partial charge >= 0.3 is 0 Å². The second-order valence-electron chi connectivity index (χ2n) is 9.74. The molecule has 3 aromatic carbocycles. The van der Waals surface area contributed by atoms with Gasteiger partial charge in [-0.1, -0.05) is 85.5 Å². The Kier molecular flexibility index (Phi) is 9.61. The largest absolute Gasteiger partial charge is 0.484 e. The van der Waals surface area contributed by atoms with Crippen LogP contribution in [-0.2, 0) is 22.6 Å². The van der Waals surface area contributed by atoms with Crippen molar-refractivity contribution < 1.29 is 14.3 Å². The Morgan fingerprint density at radius 3 is 2.32 bits per heavy atom. The molecule has 0 aliphatic heterocycles. The minimum absolute atomic E-state index is 0.107. The zero-order valence-electron chi connectivity index (χ0n) is 21.4. The van der Waals surface area contributed by atoms with E-state index in [1.807, 2.05) is 61.5 Å². The van der Waals surface area contributed by atoms with Crippen molar-refractivity contribution in [2.24, 2.45) is 0 Å². The number of amides is 2. The van der Waals surface area contributed by atoms with Crippen LogP contribution in [0.15, 0.2) is 78.9 Å². The molecular formula is C31H35ClN2O3. The molecule has 5 nitrogen and oxygen atoms in total. The van der Waals surface area contributed by atoms with E-state index in [0.717, 1.165) is 42.4 Å². The first kappa shape index (κ1) is 26.7. The molecule has 1 saturated carbocycles. The maximum atomic E-state index is 13.8. The molecule has 0 spiro atoms. The molecule has 0 unspecified atom stereocenters. The van der Waals surface area contributed by atoms with Crippen molar-refractivity contribution in [3.63, 3.8) is 0 Å². The Labute approximate surface area is 224 Å². The SMILES string of the molecule is Cc1ccccc1CN(C(=O)COc1ccc(Cl)cc1)[C@@H](Cc1ccccc1)C(=O)NC1CCCCC1. The van der Waals surface area contributed by atoms with Gasteiger partial charge < -0.3 is 15.0 Å². The number of hydrogen-bond acceptors (Lipinski definition) is 3. The van der Waals surface area contributed by atoms with Crippen LogP contribution in [0, 0.1) is 6.92 Å². The van der Waals surface area contributed by atoms with Gasteiger partial charge in [-0.3, -0.25) is 9.59 Å². The number of hydrogen-bond donors (Lipinski definition) is 1. The smallest absolute Gasteiger partial charge is 0.261 e. The van der Waals surface area contributed by atoms with Crippen LogP contribution in [0.1, 0.15) is 48.8 Å². The summed E-state index contributed by atoms with van der Waals surface area (Å²) in [6.07, 6.45) is 5.84. The van der Waals surface area contributed by atoms with E-state index >= 15 is 0 Å². The summed E-state index contributed by atoms with van der Waals surface area (Å²) in [7, 11) is 0. The molecule has 0 heterocycles. The van der Waals surface area contributed by atoms with Crippen LogP contribution in [0.4, 0.5) is 0 Å². The van der Waals surface area contributed by atoms with E-state index < -0.39 is 6.04 Å². The molecule has 37 heavy (non-hydrogen) atoms. The average molecular weight is 519 g/mol. The van der Waals surface area contributed by atoms with Gasteiger partial charge in [-0.2, -0.15) is 0 Å². The monoisotopic (exact) mass is 518 g/mol. The van der Waals surface area contributed by atoms with Crippen molar-refractivity contribution in [3.8, 4) is 5.75 Å². The highest BCUT2D eigenvalue weighted by molar-refractivity contribution is 6.30. The molecule has 0 aromatic heterocycles. The lowest BCUT2D eigenvalue weighted by Gasteiger charge is -2.33. The number of nitrogens with one attached hydrogen (secondary N) is 1. The number of halogens is 1. The van der Waals surface area contributed by atoms with Crippen LogP contribution in [-0.4, -0.2) is 35.4 Å². The number of nitrogens with zero attached hydrogens (tertiary/aromatic N) is 1. The van der Waals surface area contributed by atoms with Crippen LogP contribution < -0.4 is 10.1 Å². The summed E-state index contributed by atoms with van der Waals surface area (Å²) in [6, 6.07) is 24.3. The summed E-state index contributed by atoms with van der Waals surface area (Å²) >= 11 is 5.99. The Morgan fingerprint density at radius 1 is 0.946 bits per heavy atom. The van der Waals surface area contributed by atoms with Crippen LogP contribution in [0.5, 0.6) is 5.75 Å². The minimum atomic E-state index is -0.662. The standard InChI is InChI=1S/C31H35ClN2O3/c1-23-10-8-9-13-25(23)21-34(30(35)22-37-28-18-16-26(32)17-19-28)29(20-24-11-4-2-5-12-24)31(36)33-27-14-6-3-7-15-27/h2,4-5,8-13,16-19,27,29H,3,6-7,14-15,20-22H2,1H3,(H,33,36)/t29-/m0/s1. The third kappa shape index (κ3) is 7.83. The van der Waals surface area contributed by atoms with Crippen molar-refractivity contribution in [2.45, 2.75) is 64.1 Å². The van der Waals surface area contributed by atoms with Crippen LogP contribution in [0.25, 0.3) is 0 Å². The second-order valence-corrected chi connectivity index (χ2v) is 10.2. The van der Waals surface area contributed by atoms with Gasteiger partial charge in [-0.25, -0.2) is 0 Å². The van der Waals surface area contributed by atoms with Gasteiger partial charge in [0.2, 0.25) is 5.91 Å². The molecule has 4 rings (SSSR count). The molecule has 0 bridgehead atoms. The fraction of sp³-hybridized carbons (Fsp3) is 0.355. The molecule has 2 amide bonds. The van der Waals surface area contributed by atoms with Crippen molar-refractivity contribution >= 4 is 23.4 Å². The van der Waals surface area contributed by atoms with E-state index in [2.05, 4.69) is 5.32 Å². The first-order valence-corrected chi connectivity index (χ1v) is 13.4. The van der Waals surface area contributed by atoms with Gasteiger partial charge in [0.05, 0.1) is 0 Å². The van der Waals surface area contributed by atoms with Crippen LogP contribution in [0.3, 0.4) is 0 Å². The molecule has 194 valence electrons. The zero-order valence-corrected chi connectivity index (χ0v) is 22.1. The predicted molar refractivity (Wildman–Crippen MR) is 148 cm³/mol. The molecule has 1 aliphatic rings. The number of carbonyl (C=O) groups is 2. The third-order valence-corrected chi connectivity index (χ3v) is 7.25. The van der Waals surface area contributed by atoms with E-state index in [1.165, 1.54) is 6.42 Å². The predicted octanol–water partition coefficient (Wildman–Crippen LogP) is 6.12. The highest BCUT2D eigenvalue weighted by Crippen LogP contribution is 2.21. The third-order valence-electron chi connectivity index (χ3n) is 7.00. The second kappa shape index (κ2) is 13.3. The normalized spacial score (nSPS) is 14.5. The number of rotatable bonds is 10. The fourth-order valence-electron chi connectivity index (χ4n) is 4.83. The average Bonchev–Trinajstić information content (AvgIpc) is 2.92. The molecule has 1 aliphatic carbocycles. The summed E-state index contributed by atoms with van der Waals surface area (Å²) < 4.78 is 5.82. The van der Waals surface area contributed by atoms with E-state index in [-0.39, 0.29) is 24.5 Å². The summed E-state index contributed by atoms with van der Waals surface area (Å²) in [6.45, 7) is 2.18. The molecule has 6 heteroatoms. The molecule has 1 fully saturated rings. The molecule has 1 N–H and O–H groups in total. The fourth-order valence-corrected chi connectivity index (χ4v) is 4.95. The van der Waals surface area contributed by atoms with Gasteiger partial charge in [0, 0.05) is 24.0 Å². The van der Waals surface area contributed by atoms with Gasteiger partial charge in [-0.15, -0.1) is 0 Å². The van der Waals surface area contributed by atoms with Crippen molar-refractivity contribution in [3.05, 3.63) is 101 Å².